The van der Waals surface area contributed by atoms with Gasteiger partial charge in [0.25, 0.3) is 0 Å². The zero-order valence-electron chi connectivity index (χ0n) is 16.6. The molecule has 1 atom stereocenters. The highest BCUT2D eigenvalue weighted by atomic mass is 28.4. The van der Waals surface area contributed by atoms with Gasteiger partial charge in [0.1, 0.15) is 6.61 Å². The first kappa shape index (κ1) is 20.6. The molecule has 1 fully saturated rings. The van der Waals surface area contributed by atoms with Crippen molar-refractivity contribution < 1.29 is 18.8 Å². The number of nitrogens with zero attached hydrogens (tertiary/aromatic N) is 1. The number of hydrogen-bond acceptors (Lipinski definition) is 4. The zero-order valence-corrected chi connectivity index (χ0v) is 17.6. The van der Waals surface area contributed by atoms with Crippen LogP contribution in [0.5, 0.6) is 0 Å². The van der Waals surface area contributed by atoms with Gasteiger partial charge >= 0.3 is 6.09 Å². The standard InChI is InChI=1S/C20H31NO4Si/c1-20(2,3)26(4,5)25-13-9-12-18(22)21-17(15-24-19(21)23)14-16-10-7-6-8-11-16/h6-8,10-11,17H,9,12-15H2,1-5H3/t17-/m1/s1. The zero-order chi connectivity index (χ0) is 19.4. The second-order valence-electron chi connectivity index (χ2n) is 8.40. The molecule has 6 heteroatoms. The molecule has 2 amide bonds. The second kappa shape index (κ2) is 8.35. The van der Waals surface area contributed by atoms with Crippen molar-refractivity contribution in [2.45, 2.75) is 64.2 Å². The lowest BCUT2D eigenvalue weighted by molar-refractivity contribution is -0.129. The van der Waals surface area contributed by atoms with E-state index in [1.54, 1.807) is 0 Å². The fourth-order valence-electron chi connectivity index (χ4n) is 2.69. The van der Waals surface area contributed by atoms with Gasteiger partial charge in [0.15, 0.2) is 8.32 Å². The summed E-state index contributed by atoms with van der Waals surface area (Å²) in [4.78, 5) is 25.8. The minimum absolute atomic E-state index is 0.149. The number of carbonyl (C=O) groups is 2. The fraction of sp³-hybridized carbons (Fsp3) is 0.600. The Bertz CT molecular complexity index is 624. The Balaban J connectivity index is 1.86. The molecule has 0 bridgehead atoms. The van der Waals surface area contributed by atoms with Crippen LogP contribution in [-0.4, -0.2) is 44.5 Å². The van der Waals surface area contributed by atoms with Crippen LogP contribution >= 0.6 is 0 Å². The molecule has 0 spiro atoms. The summed E-state index contributed by atoms with van der Waals surface area (Å²) >= 11 is 0. The van der Waals surface area contributed by atoms with Crippen LogP contribution in [0.4, 0.5) is 4.79 Å². The maximum Gasteiger partial charge on any atom is 0.416 e. The Morgan fingerprint density at radius 2 is 1.92 bits per heavy atom. The summed E-state index contributed by atoms with van der Waals surface area (Å²) in [7, 11) is -1.80. The lowest BCUT2D eigenvalue weighted by atomic mass is 10.1. The second-order valence-corrected chi connectivity index (χ2v) is 13.2. The Hall–Kier alpha value is -1.66. The molecule has 1 aliphatic rings. The molecule has 0 unspecified atom stereocenters. The average Bonchev–Trinajstić information content (AvgIpc) is 2.92. The van der Waals surface area contributed by atoms with Crippen LogP contribution in [0.1, 0.15) is 39.2 Å². The van der Waals surface area contributed by atoms with E-state index in [4.69, 9.17) is 9.16 Å². The maximum absolute atomic E-state index is 12.6. The summed E-state index contributed by atoms with van der Waals surface area (Å²) in [6, 6.07) is 9.63. The van der Waals surface area contributed by atoms with Crippen molar-refractivity contribution >= 4 is 20.3 Å². The third-order valence-corrected chi connectivity index (χ3v) is 9.89. The smallest absolute Gasteiger partial charge is 0.416 e. The highest BCUT2D eigenvalue weighted by Crippen LogP contribution is 2.36. The van der Waals surface area contributed by atoms with Gasteiger partial charge in [-0.05, 0) is 36.5 Å². The van der Waals surface area contributed by atoms with E-state index >= 15 is 0 Å². The summed E-state index contributed by atoms with van der Waals surface area (Å²) in [5, 5.41) is 0.149. The van der Waals surface area contributed by atoms with Gasteiger partial charge in [0.2, 0.25) is 5.91 Å². The summed E-state index contributed by atoms with van der Waals surface area (Å²) < 4.78 is 11.2. The molecule has 0 saturated carbocycles. The van der Waals surface area contributed by atoms with E-state index in [0.29, 0.717) is 25.9 Å². The van der Waals surface area contributed by atoms with Crippen molar-refractivity contribution in [2.75, 3.05) is 13.2 Å². The minimum Gasteiger partial charge on any atom is -0.447 e. The van der Waals surface area contributed by atoms with Gasteiger partial charge < -0.3 is 9.16 Å². The molecule has 2 rings (SSSR count). The number of rotatable bonds is 7. The van der Waals surface area contributed by atoms with E-state index in [9.17, 15) is 9.59 Å². The lowest BCUT2D eigenvalue weighted by Gasteiger charge is -2.36. The number of benzene rings is 1. The molecule has 1 aromatic rings. The van der Waals surface area contributed by atoms with Crippen molar-refractivity contribution in [3.8, 4) is 0 Å². The summed E-state index contributed by atoms with van der Waals surface area (Å²) in [6.45, 7) is 11.8. The van der Waals surface area contributed by atoms with Crippen LogP contribution in [-0.2, 0) is 20.4 Å². The highest BCUT2D eigenvalue weighted by molar-refractivity contribution is 6.74. The Morgan fingerprint density at radius 1 is 1.27 bits per heavy atom. The van der Waals surface area contributed by atoms with Crippen LogP contribution < -0.4 is 0 Å². The highest BCUT2D eigenvalue weighted by Gasteiger charge is 2.38. The number of carbonyl (C=O) groups excluding carboxylic acids is 2. The van der Waals surface area contributed by atoms with Crippen LogP contribution in [0.3, 0.4) is 0 Å². The quantitative estimate of drug-likeness (QED) is 0.523. The third kappa shape index (κ3) is 5.17. The Labute approximate surface area is 157 Å². The summed E-state index contributed by atoms with van der Waals surface area (Å²) in [5.74, 6) is -0.174. The van der Waals surface area contributed by atoms with Gasteiger partial charge in [-0.3, -0.25) is 4.79 Å². The predicted molar refractivity (Wildman–Crippen MR) is 105 cm³/mol. The first-order valence-electron chi connectivity index (χ1n) is 9.28. The van der Waals surface area contributed by atoms with Gasteiger partial charge in [-0.15, -0.1) is 0 Å². The van der Waals surface area contributed by atoms with Crippen molar-refractivity contribution in [1.82, 2.24) is 4.90 Å². The number of imide groups is 1. The van der Waals surface area contributed by atoms with E-state index in [-0.39, 0.29) is 23.6 Å². The molecule has 26 heavy (non-hydrogen) atoms. The summed E-state index contributed by atoms with van der Waals surface area (Å²) in [5.41, 5.74) is 1.09. The van der Waals surface area contributed by atoms with E-state index in [1.165, 1.54) is 4.90 Å². The van der Waals surface area contributed by atoms with Crippen molar-refractivity contribution in [1.29, 1.82) is 0 Å². The first-order valence-corrected chi connectivity index (χ1v) is 12.2. The molecule has 5 nitrogen and oxygen atoms in total. The third-order valence-electron chi connectivity index (χ3n) is 5.35. The molecule has 0 N–H and O–H groups in total. The van der Waals surface area contributed by atoms with Crippen molar-refractivity contribution in [3.05, 3.63) is 35.9 Å². The number of ether oxygens (including phenoxy) is 1. The molecule has 0 aliphatic carbocycles. The molecule has 0 radical (unpaired) electrons. The van der Waals surface area contributed by atoms with Gasteiger partial charge in [-0.25, -0.2) is 9.69 Å². The van der Waals surface area contributed by atoms with Gasteiger partial charge in [0, 0.05) is 13.0 Å². The van der Waals surface area contributed by atoms with E-state index in [0.717, 1.165) is 5.56 Å². The van der Waals surface area contributed by atoms with Crippen LogP contribution in [0, 0.1) is 0 Å². The molecule has 1 aromatic carbocycles. The van der Waals surface area contributed by atoms with Gasteiger partial charge in [0.05, 0.1) is 6.04 Å². The number of amides is 2. The monoisotopic (exact) mass is 377 g/mol. The van der Waals surface area contributed by atoms with E-state index < -0.39 is 14.4 Å². The number of cyclic esters (lactones) is 1. The molecule has 144 valence electrons. The molecule has 1 heterocycles. The topological polar surface area (TPSA) is 55.8 Å². The van der Waals surface area contributed by atoms with Crippen molar-refractivity contribution in [2.24, 2.45) is 0 Å². The molecular formula is C20H31NO4Si. The Morgan fingerprint density at radius 3 is 2.54 bits per heavy atom. The largest absolute Gasteiger partial charge is 0.447 e. The summed E-state index contributed by atoms with van der Waals surface area (Å²) in [6.07, 6.45) is 1.02. The molecule has 0 aromatic heterocycles. The van der Waals surface area contributed by atoms with Crippen molar-refractivity contribution in [3.63, 3.8) is 0 Å². The van der Waals surface area contributed by atoms with Gasteiger partial charge in [-0.2, -0.15) is 0 Å². The SMILES string of the molecule is CC(C)(C)[Si](C)(C)OCCCC(=O)N1C(=O)OC[C@H]1Cc1ccccc1. The predicted octanol–water partition coefficient (Wildman–Crippen LogP) is 4.38. The fourth-order valence-corrected chi connectivity index (χ4v) is 3.78. The molecule has 1 aliphatic heterocycles. The average molecular weight is 378 g/mol. The molecule has 1 saturated heterocycles. The van der Waals surface area contributed by atoms with Crippen LogP contribution in [0.15, 0.2) is 30.3 Å². The maximum atomic E-state index is 12.6. The first-order chi connectivity index (χ1) is 12.1. The van der Waals surface area contributed by atoms with E-state index in [2.05, 4.69) is 33.9 Å². The van der Waals surface area contributed by atoms with Crippen LogP contribution in [0.25, 0.3) is 0 Å². The Kier molecular flexibility index (Phi) is 6.63. The minimum atomic E-state index is -1.80. The lowest BCUT2D eigenvalue weighted by Crippen LogP contribution is -2.42. The molecular weight excluding hydrogens is 346 g/mol. The van der Waals surface area contributed by atoms with Gasteiger partial charge in [-0.1, -0.05) is 51.1 Å². The van der Waals surface area contributed by atoms with Crippen LogP contribution in [0.2, 0.25) is 18.1 Å². The van der Waals surface area contributed by atoms with E-state index in [1.807, 2.05) is 30.3 Å². The number of hydrogen-bond donors (Lipinski definition) is 0. The normalized spacial score (nSPS) is 18.1.